The first-order valence-electron chi connectivity index (χ1n) is 9.35. The van der Waals surface area contributed by atoms with Crippen LogP contribution in [0.3, 0.4) is 0 Å². The van der Waals surface area contributed by atoms with Gasteiger partial charge in [-0.15, -0.1) is 10.2 Å². The summed E-state index contributed by atoms with van der Waals surface area (Å²) in [6.07, 6.45) is 9.57. The van der Waals surface area contributed by atoms with E-state index in [4.69, 9.17) is 16.3 Å². The molecular formula is C21H22ClN3O. The number of halogens is 1. The van der Waals surface area contributed by atoms with Crippen LogP contribution in [0, 0.1) is 5.41 Å². The molecular weight excluding hydrogens is 346 g/mol. The van der Waals surface area contributed by atoms with Gasteiger partial charge in [0.2, 0.25) is 5.65 Å². The Hall–Kier alpha value is -2.07. The topological polar surface area (TPSA) is 39.4 Å². The van der Waals surface area contributed by atoms with Gasteiger partial charge in [-0.05, 0) is 74.3 Å². The second kappa shape index (κ2) is 5.71. The van der Waals surface area contributed by atoms with Gasteiger partial charge in [0.05, 0.1) is 0 Å². The lowest BCUT2D eigenvalue weighted by molar-refractivity contribution is 0.0501. The zero-order valence-electron chi connectivity index (χ0n) is 14.9. The molecule has 0 N–H and O–H groups in total. The summed E-state index contributed by atoms with van der Waals surface area (Å²) >= 11 is 6.07. The smallest absolute Gasteiger partial charge is 0.203 e. The molecule has 3 aliphatic carbocycles. The Kier molecular flexibility index (Phi) is 3.54. The van der Waals surface area contributed by atoms with Crippen molar-refractivity contribution in [3.8, 4) is 11.5 Å². The van der Waals surface area contributed by atoms with Crippen LogP contribution >= 0.6 is 11.6 Å². The van der Waals surface area contributed by atoms with Gasteiger partial charge < -0.3 is 4.74 Å². The summed E-state index contributed by atoms with van der Waals surface area (Å²) < 4.78 is 8.19. The molecule has 4 nitrogen and oxygen atoms in total. The van der Waals surface area contributed by atoms with Gasteiger partial charge in [-0.25, -0.2) is 0 Å². The lowest BCUT2D eigenvalue weighted by Crippen LogP contribution is -2.43. The van der Waals surface area contributed by atoms with Crippen molar-refractivity contribution in [3.05, 3.63) is 53.4 Å². The fourth-order valence-electron chi connectivity index (χ4n) is 4.70. The highest BCUT2D eigenvalue weighted by atomic mass is 35.5. The number of aromatic nitrogens is 3. The number of benzene rings is 1. The molecule has 0 unspecified atom stereocenters. The van der Waals surface area contributed by atoms with E-state index in [-0.39, 0.29) is 5.41 Å². The molecule has 2 bridgehead atoms. The highest BCUT2D eigenvalue weighted by Gasteiger charge is 2.49. The van der Waals surface area contributed by atoms with Gasteiger partial charge in [0.25, 0.3) is 0 Å². The number of fused-ring (bicyclic) bond motifs is 4. The van der Waals surface area contributed by atoms with E-state index in [0.29, 0.717) is 21.9 Å². The number of hydrogen-bond donors (Lipinski definition) is 0. The predicted molar refractivity (Wildman–Crippen MR) is 102 cm³/mol. The van der Waals surface area contributed by atoms with Crippen LogP contribution in [0.15, 0.2) is 42.6 Å². The van der Waals surface area contributed by atoms with E-state index in [1.165, 1.54) is 38.5 Å². The molecule has 2 heterocycles. The van der Waals surface area contributed by atoms with E-state index in [2.05, 4.69) is 27.7 Å². The van der Waals surface area contributed by atoms with Crippen LogP contribution in [0.4, 0.5) is 0 Å². The molecule has 0 aliphatic heterocycles. The minimum absolute atomic E-state index is 0.172. The molecule has 3 saturated carbocycles. The molecule has 3 fully saturated rings. The van der Waals surface area contributed by atoms with E-state index in [1.54, 1.807) is 0 Å². The standard InChI is InChI=1S/C21H22ClN3O/c1-20-7-10-21(11-8-20,12-9-20)19-24-23-18-17(6-3-13-25(18)19)26-16-5-2-4-15(22)14-16/h2-6,13-14H,7-12H2,1H3. The monoisotopic (exact) mass is 367 g/mol. The van der Waals surface area contributed by atoms with E-state index in [1.807, 2.05) is 36.4 Å². The molecule has 5 heteroatoms. The van der Waals surface area contributed by atoms with Crippen molar-refractivity contribution in [2.24, 2.45) is 5.41 Å². The number of nitrogens with zero attached hydrogens (tertiary/aromatic N) is 3. The Morgan fingerprint density at radius 2 is 1.77 bits per heavy atom. The number of hydrogen-bond acceptors (Lipinski definition) is 3. The highest BCUT2D eigenvalue weighted by Crippen LogP contribution is 2.57. The minimum atomic E-state index is 0.172. The average molecular weight is 368 g/mol. The number of rotatable bonds is 3. The van der Waals surface area contributed by atoms with Crippen molar-refractivity contribution < 1.29 is 4.74 Å². The largest absolute Gasteiger partial charge is 0.453 e. The highest BCUT2D eigenvalue weighted by molar-refractivity contribution is 6.30. The van der Waals surface area contributed by atoms with Crippen LogP contribution in [0.1, 0.15) is 51.3 Å². The molecule has 2 aromatic heterocycles. The second-order valence-electron chi connectivity index (χ2n) is 8.24. The van der Waals surface area contributed by atoms with Crippen LogP contribution in [0.25, 0.3) is 5.65 Å². The summed E-state index contributed by atoms with van der Waals surface area (Å²) in [7, 11) is 0. The van der Waals surface area contributed by atoms with Crippen LogP contribution in [-0.4, -0.2) is 14.6 Å². The molecule has 0 saturated heterocycles. The summed E-state index contributed by atoms with van der Waals surface area (Å²) in [6, 6.07) is 11.4. The average Bonchev–Trinajstić information content (AvgIpc) is 3.09. The molecule has 3 aliphatic rings. The molecule has 26 heavy (non-hydrogen) atoms. The van der Waals surface area contributed by atoms with E-state index in [9.17, 15) is 0 Å². The third-order valence-corrected chi connectivity index (χ3v) is 6.75. The Labute approximate surface area is 158 Å². The zero-order chi connectivity index (χ0) is 17.8. The Balaban J connectivity index is 1.54. The molecule has 6 rings (SSSR count). The summed E-state index contributed by atoms with van der Waals surface area (Å²) in [5.74, 6) is 2.52. The maximum atomic E-state index is 6.07. The van der Waals surface area contributed by atoms with Gasteiger partial charge in [0, 0.05) is 16.6 Å². The maximum Gasteiger partial charge on any atom is 0.203 e. The Bertz CT molecular complexity index is 956. The van der Waals surface area contributed by atoms with Crippen LogP contribution in [0.5, 0.6) is 11.5 Å². The van der Waals surface area contributed by atoms with Crippen LogP contribution in [0.2, 0.25) is 5.02 Å². The van der Waals surface area contributed by atoms with Crippen molar-refractivity contribution in [2.45, 2.75) is 50.9 Å². The SMILES string of the molecule is CC12CCC(c3nnc4c(Oc5cccc(Cl)c5)cccn34)(CC1)CC2. The summed E-state index contributed by atoms with van der Waals surface area (Å²) in [5, 5.41) is 9.79. The molecule has 0 radical (unpaired) electrons. The van der Waals surface area contributed by atoms with Gasteiger partial charge in [-0.1, -0.05) is 24.6 Å². The minimum Gasteiger partial charge on any atom is -0.453 e. The van der Waals surface area contributed by atoms with Crippen molar-refractivity contribution in [2.75, 3.05) is 0 Å². The van der Waals surface area contributed by atoms with Crippen molar-refractivity contribution in [3.63, 3.8) is 0 Å². The van der Waals surface area contributed by atoms with Gasteiger partial charge in [-0.2, -0.15) is 0 Å². The molecule has 134 valence electrons. The number of pyridine rings is 1. The molecule has 0 amide bonds. The van der Waals surface area contributed by atoms with Crippen LogP contribution in [-0.2, 0) is 5.41 Å². The summed E-state index contributed by atoms with van der Waals surface area (Å²) in [6.45, 7) is 2.44. The van der Waals surface area contributed by atoms with Gasteiger partial charge >= 0.3 is 0 Å². The van der Waals surface area contributed by atoms with Gasteiger partial charge in [0.1, 0.15) is 11.6 Å². The van der Waals surface area contributed by atoms with E-state index < -0.39 is 0 Å². The summed E-state index contributed by atoms with van der Waals surface area (Å²) in [5.41, 5.74) is 1.49. The second-order valence-corrected chi connectivity index (χ2v) is 8.68. The van der Waals surface area contributed by atoms with Gasteiger partial charge in [0.15, 0.2) is 5.75 Å². The fraction of sp³-hybridized carbons (Fsp3) is 0.429. The molecule has 1 aromatic carbocycles. The van der Waals surface area contributed by atoms with Crippen molar-refractivity contribution in [1.29, 1.82) is 0 Å². The van der Waals surface area contributed by atoms with Crippen molar-refractivity contribution in [1.82, 2.24) is 14.6 Å². The lowest BCUT2D eigenvalue weighted by atomic mass is 9.54. The third-order valence-electron chi connectivity index (χ3n) is 6.52. The number of ether oxygens (including phenoxy) is 1. The Morgan fingerprint density at radius 3 is 2.50 bits per heavy atom. The normalized spacial score (nSPS) is 27.8. The predicted octanol–water partition coefficient (Wildman–Crippen LogP) is 5.79. The maximum absolute atomic E-state index is 6.07. The molecule has 0 spiro atoms. The molecule has 0 atom stereocenters. The van der Waals surface area contributed by atoms with Gasteiger partial charge in [-0.3, -0.25) is 4.40 Å². The summed E-state index contributed by atoms with van der Waals surface area (Å²) in [4.78, 5) is 0. The van der Waals surface area contributed by atoms with Crippen molar-refractivity contribution >= 4 is 17.2 Å². The van der Waals surface area contributed by atoms with E-state index in [0.717, 1.165) is 11.5 Å². The van der Waals surface area contributed by atoms with Crippen LogP contribution < -0.4 is 4.74 Å². The lowest BCUT2D eigenvalue weighted by Gasteiger charge is -2.51. The van der Waals surface area contributed by atoms with E-state index >= 15 is 0 Å². The quantitative estimate of drug-likeness (QED) is 0.588. The first-order valence-corrected chi connectivity index (χ1v) is 9.73. The zero-order valence-corrected chi connectivity index (χ0v) is 15.7. The fourth-order valence-corrected chi connectivity index (χ4v) is 4.88. The Morgan fingerprint density at radius 1 is 1.00 bits per heavy atom. The first-order chi connectivity index (χ1) is 12.6. The first kappa shape index (κ1) is 16.1. The molecule has 3 aromatic rings. The third kappa shape index (κ3) is 2.50.